The summed E-state index contributed by atoms with van der Waals surface area (Å²) in [5, 5.41) is 1.38. The zero-order chi connectivity index (χ0) is 17.9. The van der Waals surface area contributed by atoms with E-state index < -0.39 is 0 Å². The van der Waals surface area contributed by atoms with Crippen molar-refractivity contribution in [1.82, 2.24) is 9.55 Å². The number of aromatic nitrogens is 2. The van der Waals surface area contributed by atoms with E-state index in [2.05, 4.69) is 0 Å². The molecule has 1 aliphatic rings. The van der Waals surface area contributed by atoms with E-state index in [1.807, 2.05) is 55.5 Å². The smallest absolute Gasteiger partial charge is 0.266 e. The second-order valence-electron chi connectivity index (χ2n) is 6.69. The molecule has 1 unspecified atom stereocenters. The van der Waals surface area contributed by atoms with Crippen molar-refractivity contribution in [1.29, 1.82) is 0 Å². The molecule has 5 heteroatoms. The first-order valence-corrected chi connectivity index (χ1v) is 10.0. The van der Waals surface area contributed by atoms with E-state index in [1.54, 1.807) is 16.3 Å². The Balaban J connectivity index is 1.78. The molecule has 1 aliphatic heterocycles. The molecule has 0 N–H and O–H groups in total. The maximum absolute atomic E-state index is 13.2. The lowest BCUT2D eigenvalue weighted by atomic mass is 10.1. The van der Waals surface area contributed by atoms with E-state index in [9.17, 15) is 4.79 Å². The number of para-hydroxylation sites is 1. The van der Waals surface area contributed by atoms with Gasteiger partial charge in [0.15, 0.2) is 5.16 Å². The van der Waals surface area contributed by atoms with Crippen LogP contribution >= 0.6 is 11.8 Å². The SMILES string of the molecule is Cc1cccc(-n2c(SCC3CCCCO3)nc3ccccc3c2=O)c1. The number of nitrogens with zero attached hydrogens (tertiary/aromatic N) is 2. The quantitative estimate of drug-likeness (QED) is 0.508. The van der Waals surface area contributed by atoms with Gasteiger partial charge in [-0.25, -0.2) is 4.98 Å². The van der Waals surface area contributed by atoms with Crippen molar-refractivity contribution < 1.29 is 4.74 Å². The molecule has 0 radical (unpaired) electrons. The first-order chi connectivity index (χ1) is 12.7. The van der Waals surface area contributed by atoms with Crippen molar-refractivity contribution in [3.63, 3.8) is 0 Å². The molecule has 1 saturated heterocycles. The number of benzene rings is 2. The Morgan fingerprint density at radius 3 is 2.88 bits per heavy atom. The minimum Gasteiger partial charge on any atom is -0.377 e. The fraction of sp³-hybridized carbons (Fsp3) is 0.333. The molecule has 134 valence electrons. The lowest BCUT2D eigenvalue weighted by molar-refractivity contribution is 0.0315. The highest BCUT2D eigenvalue weighted by Crippen LogP contribution is 2.25. The van der Waals surface area contributed by atoms with E-state index >= 15 is 0 Å². The van der Waals surface area contributed by atoms with E-state index in [0.29, 0.717) is 5.39 Å². The summed E-state index contributed by atoms with van der Waals surface area (Å²) in [6.07, 6.45) is 3.67. The second-order valence-corrected chi connectivity index (χ2v) is 7.68. The highest BCUT2D eigenvalue weighted by molar-refractivity contribution is 7.99. The predicted octanol–water partition coefficient (Wildman–Crippen LogP) is 4.36. The number of hydrogen-bond donors (Lipinski definition) is 0. The molecule has 1 aromatic heterocycles. The summed E-state index contributed by atoms with van der Waals surface area (Å²) in [6, 6.07) is 15.6. The van der Waals surface area contributed by atoms with Crippen molar-refractivity contribution in [2.45, 2.75) is 37.4 Å². The molecule has 2 heterocycles. The van der Waals surface area contributed by atoms with Crippen LogP contribution < -0.4 is 5.56 Å². The van der Waals surface area contributed by atoms with Crippen LogP contribution in [0.3, 0.4) is 0 Å². The topological polar surface area (TPSA) is 44.1 Å². The number of aryl methyl sites for hydroxylation is 1. The average Bonchev–Trinajstić information content (AvgIpc) is 2.67. The lowest BCUT2D eigenvalue weighted by Gasteiger charge is -2.22. The minimum absolute atomic E-state index is 0.0201. The van der Waals surface area contributed by atoms with Crippen LogP contribution in [0.4, 0.5) is 0 Å². The maximum Gasteiger partial charge on any atom is 0.266 e. The second kappa shape index (κ2) is 7.64. The molecule has 1 atom stereocenters. The number of rotatable bonds is 4. The molecule has 0 saturated carbocycles. The first-order valence-electron chi connectivity index (χ1n) is 9.05. The Bertz CT molecular complexity index is 977. The highest BCUT2D eigenvalue weighted by Gasteiger charge is 2.18. The van der Waals surface area contributed by atoms with Gasteiger partial charge in [-0.15, -0.1) is 0 Å². The van der Waals surface area contributed by atoms with Gasteiger partial charge in [-0.1, -0.05) is 36.0 Å². The first kappa shape index (κ1) is 17.3. The molecule has 0 aliphatic carbocycles. The lowest BCUT2D eigenvalue weighted by Crippen LogP contribution is -2.24. The Hall–Kier alpha value is -2.11. The van der Waals surface area contributed by atoms with Crippen LogP contribution in [0.15, 0.2) is 58.5 Å². The van der Waals surface area contributed by atoms with Gasteiger partial charge in [0.1, 0.15) is 0 Å². The van der Waals surface area contributed by atoms with Gasteiger partial charge < -0.3 is 4.74 Å². The van der Waals surface area contributed by atoms with E-state index in [4.69, 9.17) is 9.72 Å². The van der Waals surface area contributed by atoms with Crippen LogP contribution in [-0.2, 0) is 4.74 Å². The van der Waals surface area contributed by atoms with Crippen LogP contribution in [0.5, 0.6) is 0 Å². The summed E-state index contributed by atoms with van der Waals surface area (Å²) in [7, 11) is 0. The Morgan fingerprint density at radius 1 is 1.19 bits per heavy atom. The molecule has 2 aromatic carbocycles. The van der Waals surface area contributed by atoms with E-state index in [-0.39, 0.29) is 11.7 Å². The minimum atomic E-state index is -0.0201. The van der Waals surface area contributed by atoms with Crippen molar-refractivity contribution >= 4 is 22.7 Å². The number of ether oxygens (including phenoxy) is 1. The zero-order valence-electron chi connectivity index (χ0n) is 14.9. The van der Waals surface area contributed by atoms with Crippen LogP contribution in [0.1, 0.15) is 24.8 Å². The zero-order valence-corrected chi connectivity index (χ0v) is 15.7. The van der Waals surface area contributed by atoms with Crippen LogP contribution in [0.2, 0.25) is 0 Å². The normalized spacial score (nSPS) is 17.5. The van der Waals surface area contributed by atoms with Gasteiger partial charge in [-0.05, 0) is 56.0 Å². The van der Waals surface area contributed by atoms with Crippen LogP contribution in [0, 0.1) is 6.92 Å². The highest BCUT2D eigenvalue weighted by atomic mass is 32.2. The van der Waals surface area contributed by atoms with Crippen LogP contribution in [-0.4, -0.2) is 28.0 Å². The third kappa shape index (κ3) is 3.55. The van der Waals surface area contributed by atoms with Gasteiger partial charge in [0.25, 0.3) is 5.56 Å². The van der Waals surface area contributed by atoms with Crippen molar-refractivity contribution in [3.05, 3.63) is 64.4 Å². The van der Waals surface area contributed by atoms with E-state index in [0.717, 1.165) is 47.1 Å². The number of fused-ring (bicyclic) bond motifs is 1. The summed E-state index contributed by atoms with van der Waals surface area (Å²) in [5.41, 5.74) is 2.70. The molecule has 0 amide bonds. The van der Waals surface area contributed by atoms with Gasteiger partial charge in [0.2, 0.25) is 0 Å². The van der Waals surface area contributed by atoms with Crippen LogP contribution in [0.25, 0.3) is 16.6 Å². The Labute approximate surface area is 157 Å². The molecule has 26 heavy (non-hydrogen) atoms. The molecule has 4 rings (SSSR count). The predicted molar refractivity (Wildman–Crippen MR) is 106 cm³/mol. The molecule has 4 nitrogen and oxygen atoms in total. The van der Waals surface area contributed by atoms with Crippen molar-refractivity contribution in [2.75, 3.05) is 12.4 Å². The maximum atomic E-state index is 13.2. The average molecular weight is 366 g/mol. The standard InChI is InChI=1S/C21H22N2O2S/c1-15-7-6-8-16(13-15)23-20(24)18-10-2-3-11-19(18)22-21(23)26-14-17-9-4-5-12-25-17/h2-3,6-8,10-11,13,17H,4-5,9,12,14H2,1H3. The van der Waals surface area contributed by atoms with Gasteiger partial charge in [0, 0.05) is 12.4 Å². The summed E-state index contributed by atoms with van der Waals surface area (Å²) >= 11 is 1.61. The summed E-state index contributed by atoms with van der Waals surface area (Å²) in [6.45, 7) is 2.87. The third-order valence-corrected chi connectivity index (χ3v) is 5.75. The van der Waals surface area contributed by atoms with Crippen molar-refractivity contribution in [2.24, 2.45) is 0 Å². The van der Waals surface area contributed by atoms with Gasteiger partial charge >= 0.3 is 0 Å². The fourth-order valence-corrected chi connectivity index (χ4v) is 4.39. The van der Waals surface area contributed by atoms with Gasteiger partial charge in [-0.3, -0.25) is 9.36 Å². The van der Waals surface area contributed by atoms with Gasteiger partial charge in [0.05, 0.1) is 22.7 Å². The summed E-state index contributed by atoms with van der Waals surface area (Å²) < 4.78 is 7.59. The number of thioether (sulfide) groups is 1. The van der Waals surface area contributed by atoms with Gasteiger partial charge in [-0.2, -0.15) is 0 Å². The monoisotopic (exact) mass is 366 g/mol. The molecule has 1 fully saturated rings. The molecule has 0 bridgehead atoms. The van der Waals surface area contributed by atoms with Crippen molar-refractivity contribution in [3.8, 4) is 5.69 Å². The largest absolute Gasteiger partial charge is 0.377 e. The van der Waals surface area contributed by atoms with E-state index in [1.165, 1.54) is 6.42 Å². The molecule has 3 aromatic rings. The molecular formula is C21H22N2O2S. The summed E-state index contributed by atoms with van der Waals surface area (Å²) in [5.74, 6) is 0.816. The Morgan fingerprint density at radius 2 is 2.08 bits per heavy atom. The third-order valence-electron chi connectivity index (χ3n) is 4.68. The molecule has 0 spiro atoms. The molecular weight excluding hydrogens is 344 g/mol. The number of hydrogen-bond acceptors (Lipinski definition) is 4. The Kier molecular flexibility index (Phi) is 5.09. The fourth-order valence-electron chi connectivity index (χ4n) is 3.31. The summed E-state index contributed by atoms with van der Waals surface area (Å²) in [4.78, 5) is 18.0.